The molecule has 0 aliphatic rings. The molecule has 1 nitrogen and oxygen atoms in total. The summed E-state index contributed by atoms with van der Waals surface area (Å²) in [6, 6.07) is 10.2. The summed E-state index contributed by atoms with van der Waals surface area (Å²) in [5.74, 6) is 0. The van der Waals surface area contributed by atoms with Crippen molar-refractivity contribution in [1.29, 1.82) is 0 Å². The van der Waals surface area contributed by atoms with Crippen molar-refractivity contribution in [2.24, 2.45) is 0 Å². The largest absolute Gasteiger partial charge is 0.377 e. The first-order valence-electron chi connectivity index (χ1n) is 4.33. The molecule has 1 rings (SSSR count). The summed E-state index contributed by atoms with van der Waals surface area (Å²) in [5, 5.41) is 0. The lowest BCUT2D eigenvalue weighted by atomic mass is 10.2. The standard InChI is InChI=1S/C11H15O/c1-2-3-9-12-10-11-7-5-4-6-8-11/h2,4-8H,3,9-10H2,1H3. The van der Waals surface area contributed by atoms with E-state index in [1.54, 1.807) is 0 Å². The zero-order chi connectivity index (χ0) is 8.65. The normalized spacial score (nSPS) is 10.1. The van der Waals surface area contributed by atoms with Gasteiger partial charge in [0.1, 0.15) is 0 Å². The van der Waals surface area contributed by atoms with Crippen molar-refractivity contribution >= 4 is 0 Å². The highest BCUT2D eigenvalue weighted by atomic mass is 16.5. The molecule has 1 aromatic rings. The van der Waals surface area contributed by atoms with Gasteiger partial charge in [-0.15, -0.1) is 0 Å². The van der Waals surface area contributed by atoms with Crippen LogP contribution in [0.2, 0.25) is 0 Å². The summed E-state index contributed by atoms with van der Waals surface area (Å²) >= 11 is 0. The first kappa shape index (κ1) is 9.27. The highest BCUT2D eigenvalue weighted by molar-refractivity contribution is 5.13. The summed E-state index contributed by atoms with van der Waals surface area (Å²) in [6.45, 7) is 3.60. The lowest BCUT2D eigenvalue weighted by molar-refractivity contribution is 0.123. The molecule has 0 unspecified atom stereocenters. The fourth-order valence-corrected chi connectivity index (χ4v) is 0.965. The molecule has 0 bridgehead atoms. The average Bonchev–Trinajstić information content (AvgIpc) is 2.14. The maximum Gasteiger partial charge on any atom is 0.0716 e. The van der Waals surface area contributed by atoms with Gasteiger partial charge in [0.2, 0.25) is 0 Å². The van der Waals surface area contributed by atoms with Crippen LogP contribution in [0.4, 0.5) is 0 Å². The zero-order valence-electron chi connectivity index (χ0n) is 7.49. The maximum absolute atomic E-state index is 5.43. The minimum Gasteiger partial charge on any atom is -0.377 e. The zero-order valence-corrected chi connectivity index (χ0v) is 7.49. The van der Waals surface area contributed by atoms with Gasteiger partial charge in [0.25, 0.3) is 0 Å². The fraction of sp³-hybridized carbons (Fsp3) is 0.364. The Bertz CT molecular complexity index is 193. The molecule has 0 saturated carbocycles. The van der Waals surface area contributed by atoms with E-state index in [0.717, 1.165) is 19.6 Å². The van der Waals surface area contributed by atoms with Gasteiger partial charge in [-0.3, -0.25) is 0 Å². The maximum atomic E-state index is 5.43. The smallest absolute Gasteiger partial charge is 0.0716 e. The molecule has 65 valence electrons. The van der Waals surface area contributed by atoms with E-state index in [0.29, 0.717) is 0 Å². The van der Waals surface area contributed by atoms with Crippen molar-refractivity contribution in [3.8, 4) is 0 Å². The van der Waals surface area contributed by atoms with Crippen molar-refractivity contribution < 1.29 is 4.74 Å². The van der Waals surface area contributed by atoms with Crippen LogP contribution < -0.4 is 0 Å². The summed E-state index contributed by atoms with van der Waals surface area (Å²) in [7, 11) is 0. The molecule has 0 amide bonds. The Morgan fingerprint density at radius 2 is 2.00 bits per heavy atom. The molecule has 0 N–H and O–H groups in total. The van der Waals surface area contributed by atoms with Gasteiger partial charge >= 0.3 is 0 Å². The summed E-state index contributed by atoms with van der Waals surface area (Å²) in [6.07, 6.45) is 3.15. The van der Waals surface area contributed by atoms with Crippen LogP contribution in [0.25, 0.3) is 0 Å². The van der Waals surface area contributed by atoms with E-state index in [1.165, 1.54) is 5.56 Å². The molecule has 0 aliphatic heterocycles. The molecular weight excluding hydrogens is 148 g/mol. The van der Waals surface area contributed by atoms with Gasteiger partial charge in [0, 0.05) is 6.61 Å². The molecule has 0 spiro atoms. The molecule has 12 heavy (non-hydrogen) atoms. The third kappa shape index (κ3) is 3.54. The quantitative estimate of drug-likeness (QED) is 0.606. The number of rotatable bonds is 5. The fourth-order valence-electron chi connectivity index (χ4n) is 0.965. The highest BCUT2D eigenvalue weighted by Gasteiger charge is 1.89. The van der Waals surface area contributed by atoms with E-state index in [9.17, 15) is 0 Å². The van der Waals surface area contributed by atoms with Crippen molar-refractivity contribution in [2.45, 2.75) is 20.0 Å². The van der Waals surface area contributed by atoms with Crippen LogP contribution in [0.1, 0.15) is 18.9 Å². The number of unbranched alkanes of at least 4 members (excludes halogenated alkanes) is 1. The Labute approximate surface area is 74.4 Å². The predicted molar refractivity (Wildman–Crippen MR) is 50.7 cm³/mol. The van der Waals surface area contributed by atoms with Gasteiger partial charge < -0.3 is 4.74 Å². The molecule has 0 aromatic heterocycles. The first-order valence-corrected chi connectivity index (χ1v) is 4.33. The van der Waals surface area contributed by atoms with Gasteiger partial charge in [-0.2, -0.15) is 0 Å². The second-order valence-electron chi connectivity index (χ2n) is 2.74. The highest BCUT2D eigenvalue weighted by Crippen LogP contribution is 2.00. The minimum atomic E-state index is 0.731. The van der Waals surface area contributed by atoms with Gasteiger partial charge in [-0.1, -0.05) is 37.3 Å². The first-order chi connectivity index (χ1) is 5.93. The topological polar surface area (TPSA) is 9.23 Å². The SMILES string of the molecule is C[CH]CCOCc1ccccc1. The summed E-state index contributed by atoms with van der Waals surface area (Å²) < 4.78 is 5.43. The van der Waals surface area contributed by atoms with Crippen molar-refractivity contribution in [3.05, 3.63) is 42.3 Å². The molecule has 0 saturated heterocycles. The Morgan fingerprint density at radius 1 is 1.25 bits per heavy atom. The van der Waals surface area contributed by atoms with Crippen LogP contribution in [0, 0.1) is 6.42 Å². The number of benzene rings is 1. The molecule has 0 heterocycles. The molecule has 0 fully saturated rings. The Kier molecular flexibility index (Phi) is 4.47. The molecule has 1 radical (unpaired) electrons. The lowest BCUT2D eigenvalue weighted by Crippen LogP contribution is -1.94. The van der Waals surface area contributed by atoms with E-state index in [1.807, 2.05) is 25.1 Å². The van der Waals surface area contributed by atoms with E-state index >= 15 is 0 Å². The average molecular weight is 163 g/mol. The summed E-state index contributed by atoms with van der Waals surface area (Å²) in [4.78, 5) is 0. The Morgan fingerprint density at radius 3 is 2.67 bits per heavy atom. The van der Waals surface area contributed by atoms with Crippen molar-refractivity contribution in [1.82, 2.24) is 0 Å². The van der Waals surface area contributed by atoms with Gasteiger partial charge in [0.15, 0.2) is 0 Å². The number of hydrogen-bond donors (Lipinski definition) is 0. The molecule has 1 aromatic carbocycles. The monoisotopic (exact) mass is 163 g/mol. The summed E-state index contributed by atoms with van der Waals surface area (Å²) in [5.41, 5.74) is 1.24. The van der Waals surface area contributed by atoms with Crippen LogP contribution in [0.15, 0.2) is 30.3 Å². The van der Waals surface area contributed by atoms with E-state index in [2.05, 4.69) is 18.6 Å². The molecule has 0 atom stereocenters. The third-order valence-corrected chi connectivity index (χ3v) is 1.66. The van der Waals surface area contributed by atoms with Crippen LogP contribution >= 0.6 is 0 Å². The predicted octanol–water partition coefficient (Wildman–Crippen LogP) is 2.82. The second-order valence-corrected chi connectivity index (χ2v) is 2.74. The molecule has 1 heteroatoms. The van der Waals surface area contributed by atoms with Gasteiger partial charge in [-0.25, -0.2) is 0 Å². The lowest BCUT2D eigenvalue weighted by Gasteiger charge is -2.02. The van der Waals surface area contributed by atoms with Crippen LogP contribution in [0.5, 0.6) is 0 Å². The van der Waals surface area contributed by atoms with E-state index in [4.69, 9.17) is 4.74 Å². The number of ether oxygens (including phenoxy) is 1. The van der Waals surface area contributed by atoms with E-state index in [-0.39, 0.29) is 0 Å². The Hall–Kier alpha value is -0.820. The van der Waals surface area contributed by atoms with Crippen molar-refractivity contribution in [3.63, 3.8) is 0 Å². The van der Waals surface area contributed by atoms with Gasteiger partial charge in [0.05, 0.1) is 6.61 Å². The Balaban J connectivity index is 2.16. The molecular formula is C11H15O. The molecule has 0 aliphatic carbocycles. The van der Waals surface area contributed by atoms with Crippen LogP contribution in [-0.4, -0.2) is 6.61 Å². The third-order valence-electron chi connectivity index (χ3n) is 1.66. The van der Waals surface area contributed by atoms with Crippen LogP contribution in [-0.2, 0) is 11.3 Å². The van der Waals surface area contributed by atoms with E-state index < -0.39 is 0 Å². The minimum absolute atomic E-state index is 0.731. The number of hydrogen-bond acceptors (Lipinski definition) is 1. The second kappa shape index (κ2) is 5.78. The van der Waals surface area contributed by atoms with Gasteiger partial charge in [-0.05, 0) is 18.4 Å². The van der Waals surface area contributed by atoms with Crippen LogP contribution in [0.3, 0.4) is 0 Å². The van der Waals surface area contributed by atoms with Crippen molar-refractivity contribution in [2.75, 3.05) is 6.61 Å².